The van der Waals surface area contributed by atoms with Crippen molar-refractivity contribution in [3.05, 3.63) is 96.7 Å². The summed E-state index contributed by atoms with van der Waals surface area (Å²) in [5.74, 6) is 0.480. The van der Waals surface area contributed by atoms with E-state index in [4.69, 9.17) is 9.26 Å². The number of hydrogen-bond donors (Lipinski definition) is 1. The molecule has 5 nitrogen and oxygen atoms in total. The number of nitrogens with zero attached hydrogens (tertiary/aromatic N) is 1. The predicted octanol–water partition coefficient (Wildman–Crippen LogP) is 6.32. The second-order valence-corrected chi connectivity index (χ2v) is 6.60. The van der Waals surface area contributed by atoms with Crippen LogP contribution >= 0.6 is 0 Å². The molecule has 0 aliphatic heterocycles. The Morgan fingerprint density at radius 1 is 0.862 bits per heavy atom. The van der Waals surface area contributed by atoms with E-state index in [1.807, 2.05) is 79.7 Å². The van der Waals surface area contributed by atoms with Crippen LogP contribution in [0.25, 0.3) is 22.5 Å². The van der Waals surface area contributed by atoms with Gasteiger partial charge in [0.15, 0.2) is 5.76 Å². The van der Waals surface area contributed by atoms with Crippen molar-refractivity contribution in [3.8, 4) is 22.5 Å². The minimum atomic E-state index is -0.563. The highest BCUT2D eigenvalue weighted by Gasteiger charge is 2.17. The molecule has 4 aromatic rings. The molecule has 29 heavy (non-hydrogen) atoms. The van der Waals surface area contributed by atoms with Crippen molar-refractivity contribution in [3.63, 3.8) is 0 Å². The first-order chi connectivity index (χ1) is 14.2. The van der Waals surface area contributed by atoms with Gasteiger partial charge in [0.25, 0.3) is 0 Å². The molecule has 0 aliphatic rings. The highest BCUT2D eigenvalue weighted by Crippen LogP contribution is 2.30. The molecule has 0 saturated carbocycles. The Hall–Kier alpha value is -3.86. The lowest BCUT2D eigenvalue weighted by Crippen LogP contribution is -2.16. The van der Waals surface area contributed by atoms with Crippen molar-refractivity contribution in [2.24, 2.45) is 0 Å². The van der Waals surface area contributed by atoms with E-state index in [1.165, 1.54) is 6.20 Å². The minimum Gasteiger partial charge on any atom is -0.441 e. The molecule has 1 amide bonds. The topological polar surface area (TPSA) is 64.4 Å². The number of carbonyl (C=O) groups is 1. The maximum atomic E-state index is 12.3. The van der Waals surface area contributed by atoms with E-state index in [9.17, 15) is 4.79 Å². The lowest BCUT2D eigenvalue weighted by molar-refractivity contribution is 0.121. The molecule has 0 aliphatic carbocycles. The fraction of sp³-hybridized carbons (Fsp3) is 0.0833. The lowest BCUT2D eigenvalue weighted by atomic mass is 10.0. The maximum Gasteiger partial charge on any atom is 0.412 e. The quantitative estimate of drug-likeness (QED) is 0.437. The Bertz CT molecular complexity index is 1070. The third-order valence-electron chi connectivity index (χ3n) is 4.61. The number of amides is 1. The molecule has 3 aromatic carbocycles. The number of benzene rings is 3. The Morgan fingerprint density at radius 3 is 2.14 bits per heavy atom. The first-order valence-electron chi connectivity index (χ1n) is 9.34. The summed E-state index contributed by atoms with van der Waals surface area (Å²) in [6, 6.07) is 27.6. The second kappa shape index (κ2) is 8.44. The SMILES string of the molecule is C[C@@H](OC(=O)Nc1cnoc1-c1ccc(-c2ccccc2)cc1)c1ccccc1. The molecule has 0 spiro atoms. The van der Waals surface area contributed by atoms with Crippen LogP contribution in [0.4, 0.5) is 10.5 Å². The average molecular weight is 384 g/mol. The Morgan fingerprint density at radius 2 is 1.45 bits per heavy atom. The van der Waals surface area contributed by atoms with Crippen molar-refractivity contribution in [1.82, 2.24) is 5.16 Å². The molecular formula is C24H20N2O3. The number of hydrogen-bond acceptors (Lipinski definition) is 4. The van der Waals surface area contributed by atoms with Crippen LogP contribution in [0.2, 0.25) is 0 Å². The van der Waals surface area contributed by atoms with Crippen molar-refractivity contribution in [2.75, 3.05) is 5.32 Å². The zero-order valence-electron chi connectivity index (χ0n) is 15.9. The largest absolute Gasteiger partial charge is 0.441 e. The summed E-state index contributed by atoms with van der Waals surface area (Å²) in [6.07, 6.45) is 0.533. The van der Waals surface area contributed by atoms with Gasteiger partial charge in [-0.15, -0.1) is 0 Å². The van der Waals surface area contributed by atoms with Gasteiger partial charge in [0, 0.05) is 5.56 Å². The molecule has 4 rings (SSSR count). The van der Waals surface area contributed by atoms with Crippen LogP contribution in [0.15, 0.2) is 95.6 Å². The number of carbonyl (C=O) groups excluding carboxylic acids is 1. The minimum absolute atomic E-state index is 0.371. The standard InChI is InChI=1S/C24H20N2O3/c1-17(18-8-4-2-5-9-18)28-24(27)26-22-16-25-29-23(22)21-14-12-20(13-15-21)19-10-6-3-7-11-19/h2-17H,1H3,(H,26,27)/t17-/m1/s1. The first kappa shape index (κ1) is 18.5. The summed E-state index contributed by atoms with van der Waals surface area (Å²) in [4.78, 5) is 12.3. The molecule has 1 heterocycles. The van der Waals surface area contributed by atoms with Gasteiger partial charge in [-0.1, -0.05) is 90.1 Å². The molecule has 0 saturated heterocycles. The van der Waals surface area contributed by atoms with E-state index in [0.717, 1.165) is 22.3 Å². The van der Waals surface area contributed by atoms with Gasteiger partial charge >= 0.3 is 6.09 Å². The smallest absolute Gasteiger partial charge is 0.412 e. The molecule has 1 atom stereocenters. The number of anilines is 1. The second-order valence-electron chi connectivity index (χ2n) is 6.60. The Kier molecular flexibility index (Phi) is 5.38. The summed E-state index contributed by atoms with van der Waals surface area (Å²) in [6.45, 7) is 1.83. The van der Waals surface area contributed by atoms with Crippen LogP contribution in [0, 0.1) is 0 Å². The Balaban J connectivity index is 1.46. The van der Waals surface area contributed by atoms with Crippen LogP contribution in [0.1, 0.15) is 18.6 Å². The monoisotopic (exact) mass is 384 g/mol. The number of nitrogens with one attached hydrogen (secondary N) is 1. The van der Waals surface area contributed by atoms with Gasteiger partial charge in [-0.05, 0) is 23.6 Å². The molecule has 5 heteroatoms. The maximum absolute atomic E-state index is 12.3. The first-order valence-corrected chi connectivity index (χ1v) is 9.34. The number of ether oxygens (including phenoxy) is 1. The van der Waals surface area contributed by atoms with Crippen LogP contribution in [-0.2, 0) is 4.74 Å². The Labute approximate surface area is 168 Å². The van der Waals surface area contributed by atoms with Crippen molar-refractivity contribution in [1.29, 1.82) is 0 Å². The van der Waals surface area contributed by atoms with E-state index in [1.54, 1.807) is 0 Å². The summed E-state index contributed by atoms with van der Waals surface area (Å²) >= 11 is 0. The van der Waals surface area contributed by atoms with E-state index >= 15 is 0 Å². The molecule has 0 bridgehead atoms. The van der Waals surface area contributed by atoms with E-state index in [0.29, 0.717) is 11.4 Å². The zero-order valence-corrected chi connectivity index (χ0v) is 15.9. The summed E-state index contributed by atoms with van der Waals surface area (Å²) in [7, 11) is 0. The van der Waals surface area contributed by atoms with Crippen molar-refractivity contribution >= 4 is 11.8 Å². The molecule has 144 valence electrons. The van der Waals surface area contributed by atoms with Crippen LogP contribution in [0.5, 0.6) is 0 Å². The van der Waals surface area contributed by atoms with Crippen LogP contribution in [0.3, 0.4) is 0 Å². The third kappa shape index (κ3) is 4.35. The summed E-state index contributed by atoms with van der Waals surface area (Å²) < 4.78 is 10.8. The average Bonchev–Trinajstić information content (AvgIpc) is 3.23. The number of aromatic nitrogens is 1. The fourth-order valence-corrected chi connectivity index (χ4v) is 3.07. The van der Waals surface area contributed by atoms with Gasteiger partial charge in [0.2, 0.25) is 0 Å². The van der Waals surface area contributed by atoms with Gasteiger partial charge in [-0.2, -0.15) is 0 Å². The van der Waals surface area contributed by atoms with Gasteiger partial charge < -0.3 is 9.26 Å². The van der Waals surface area contributed by atoms with E-state index in [2.05, 4.69) is 22.6 Å². The molecule has 0 radical (unpaired) electrons. The summed E-state index contributed by atoms with van der Waals surface area (Å²) in [5, 5.41) is 6.54. The molecule has 0 fully saturated rings. The van der Waals surface area contributed by atoms with Crippen molar-refractivity contribution < 1.29 is 14.1 Å². The summed E-state index contributed by atoms with van der Waals surface area (Å²) in [5.41, 5.74) is 4.42. The number of rotatable bonds is 5. The zero-order chi connectivity index (χ0) is 20.1. The van der Waals surface area contributed by atoms with Crippen LogP contribution in [-0.4, -0.2) is 11.2 Å². The van der Waals surface area contributed by atoms with Crippen molar-refractivity contribution in [2.45, 2.75) is 13.0 Å². The van der Waals surface area contributed by atoms with Gasteiger partial charge in [-0.3, -0.25) is 5.32 Å². The van der Waals surface area contributed by atoms with Gasteiger partial charge in [0.1, 0.15) is 11.8 Å². The predicted molar refractivity (Wildman–Crippen MR) is 112 cm³/mol. The molecule has 0 unspecified atom stereocenters. The fourth-order valence-electron chi connectivity index (χ4n) is 3.07. The van der Waals surface area contributed by atoms with E-state index < -0.39 is 6.09 Å². The van der Waals surface area contributed by atoms with Gasteiger partial charge in [-0.25, -0.2) is 4.79 Å². The highest BCUT2D eigenvalue weighted by molar-refractivity contribution is 5.89. The normalized spacial score (nSPS) is 11.6. The molecular weight excluding hydrogens is 364 g/mol. The third-order valence-corrected chi connectivity index (χ3v) is 4.61. The molecule has 1 N–H and O–H groups in total. The van der Waals surface area contributed by atoms with Crippen LogP contribution < -0.4 is 5.32 Å². The van der Waals surface area contributed by atoms with E-state index in [-0.39, 0.29) is 6.10 Å². The molecule has 1 aromatic heterocycles. The highest BCUT2D eigenvalue weighted by atomic mass is 16.6. The lowest BCUT2D eigenvalue weighted by Gasteiger charge is -2.14. The van der Waals surface area contributed by atoms with Gasteiger partial charge in [0.05, 0.1) is 6.20 Å².